The molecule has 0 radical (unpaired) electrons. The van der Waals surface area contributed by atoms with Crippen molar-refractivity contribution < 1.29 is 29.4 Å². The fraction of sp³-hybridized carbons (Fsp3) is 0.692. The van der Waals surface area contributed by atoms with Crippen molar-refractivity contribution in [1.29, 1.82) is 0 Å². The Hall–Kier alpha value is -1.85. The van der Waals surface area contributed by atoms with Gasteiger partial charge in [0.2, 0.25) is 17.7 Å². The number of amides is 3. The van der Waals surface area contributed by atoms with Gasteiger partial charge in [-0.2, -0.15) is 11.8 Å². The third kappa shape index (κ3) is 8.70. The minimum atomic E-state index is -1.34. The van der Waals surface area contributed by atoms with E-state index in [-0.39, 0.29) is 13.0 Å². The van der Waals surface area contributed by atoms with Crippen LogP contribution in [0, 0.1) is 0 Å². The van der Waals surface area contributed by atoms with Crippen molar-refractivity contribution in [2.75, 3.05) is 25.1 Å². The van der Waals surface area contributed by atoms with Gasteiger partial charge < -0.3 is 31.9 Å². The molecular formula is C13H24N4O6S. The highest BCUT2D eigenvalue weighted by atomic mass is 32.2. The standard InChI is InChI=1S/C13H24N4O6S/c1-7(18)11(17-10(20)6-15-9(19)5-14)12(21)16-8(13(22)23)3-4-24-2/h7-8,11,18H,3-6,14H2,1-2H3,(H,15,19)(H,16,21)(H,17,20)(H,22,23). The molecule has 0 bridgehead atoms. The second-order valence-electron chi connectivity index (χ2n) is 4.95. The summed E-state index contributed by atoms with van der Waals surface area (Å²) in [5.41, 5.74) is 5.07. The van der Waals surface area contributed by atoms with E-state index in [9.17, 15) is 24.3 Å². The van der Waals surface area contributed by atoms with E-state index >= 15 is 0 Å². The van der Waals surface area contributed by atoms with E-state index in [0.29, 0.717) is 5.75 Å². The van der Waals surface area contributed by atoms with E-state index in [1.165, 1.54) is 18.7 Å². The Labute approximate surface area is 143 Å². The number of carbonyl (C=O) groups is 4. The van der Waals surface area contributed by atoms with Crippen LogP contribution in [0.15, 0.2) is 0 Å². The zero-order chi connectivity index (χ0) is 18.7. The van der Waals surface area contributed by atoms with Crippen LogP contribution in [0.1, 0.15) is 13.3 Å². The summed E-state index contributed by atoms with van der Waals surface area (Å²) in [5, 5.41) is 25.5. The van der Waals surface area contributed by atoms with Gasteiger partial charge in [0.05, 0.1) is 19.2 Å². The van der Waals surface area contributed by atoms with Crippen LogP contribution >= 0.6 is 11.8 Å². The first-order valence-corrected chi connectivity index (χ1v) is 8.58. The smallest absolute Gasteiger partial charge is 0.326 e. The van der Waals surface area contributed by atoms with Crippen LogP contribution < -0.4 is 21.7 Å². The van der Waals surface area contributed by atoms with Gasteiger partial charge in [-0.25, -0.2) is 4.79 Å². The molecule has 0 aliphatic rings. The van der Waals surface area contributed by atoms with E-state index in [2.05, 4.69) is 16.0 Å². The van der Waals surface area contributed by atoms with Gasteiger partial charge in [-0.3, -0.25) is 14.4 Å². The SMILES string of the molecule is CSCCC(NC(=O)C(NC(=O)CNC(=O)CN)C(C)O)C(=O)O. The lowest BCUT2D eigenvalue weighted by molar-refractivity contribution is -0.143. The predicted octanol–water partition coefficient (Wildman–Crippen LogP) is -2.75. The number of hydrogen-bond donors (Lipinski definition) is 6. The number of carbonyl (C=O) groups excluding carboxylic acids is 3. The number of nitrogens with two attached hydrogens (primary N) is 1. The first-order chi connectivity index (χ1) is 11.2. The fourth-order valence-electron chi connectivity index (χ4n) is 1.64. The lowest BCUT2D eigenvalue weighted by atomic mass is 10.1. The summed E-state index contributed by atoms with van der Waals surface area (Å²) in [6.07, 6.45) is 0.749. The second kappa shape index (κ2) is 11.6. The van der Waals surface area contributed by atoms with Crippen LogP contribution in [0.2, 0.25) is 0 Å². The number of carboxylic acid groups (broad SMARTS) is 1. The summed E-state index contributed by atoms with van der Waals surface area (Å²) >= 11 is 1.43. The molecule has 0 aromatic carbocycles. The highest BCUT2D eigenvalue weighted by molar-refractivity contribution is 7.98. The van der Waals surface area contributed by atoms with Gasteiger partial charge in [0.15, 0.2) is 0 Å². The fourth-order valence-corrected chi connectivity index (χ4v) is 2.11. The average molecular weight is 364 g/mol. The van der Waals surface area contributed by atoms with Gasteiger partial charge in [0, 0.05) is 0 Å². The average Bonchev–Trinajstić information content (AvgIpc) is 2.53. The Morgan fingerprint density at radius 3 is 2.25 bits per heavy atom. The van der Waals surface area contributed by atoms with Crippen LogP contribution in [0.4, 0.5) is 0 Å². The van der Waals surface area contributed by atoms with Gasteiger partial charge in [-0.1, -0.05) is 0 Å². The van der Waals surface area contributed by atoms with E-state index in [4.69, 9.17) is 10.8 Å². The number of thioether (sulfide) groups is 1. The Balaban J connectivity index is 4.72. The molecular weight excluding hydrogens is 340 g/mol. The Morgan fingerprint density at radius 2 is 1.79 bits per heavy atom. The maximum atomic E-state index is 12.1. The number of rotatable bonds is 11. The molecule has 0 spiro atoms. The van der Waals surface area contributed by atoms with Crippen LogP contribution in [0.5, 0.6) is 0 Å². The van der Waals surface area contributed by atoms with Crippen molar-refractivity contribution in [3.8, 4) is 0 Å². The Kier molecular flexibility index (Phi) is 10.8. The third-order valence-electron chi connectivity index (χ3n) is 2.94. The van der Waals surface area contributed by atoms with Crippen molar-refractivity contribution in [2.24, 2.45) is 5.73 Å². The van der Waals surface area contributed by atoms with Crippen LogP contribution in [-0.2, 0) is 19.2 Å². The van der Waals surface area contributed by atoms with E-state index in [1.54, 1.807) is 6.26 Å². The summed E-state index contributed by atoms with van der Waals surface area (Å²) in [6.45, 7) is 0.575. The van der Waals surface area contributed by atoms with Crippen molar-refractivity contribution in [1.82, 2.24) is 16.0 Å². The lowest BCUT2D eigenvalue weighted by Gasteiger charge is -2.23. The molecule has 24 heavy (non-hydrogen) atoms. The highest BCUT2D eigenvalue weighted by Gasteiger charge is 2.29. The molecule has 0 aromatic heterocycles. The maximum absolute atomic E-state index is 12.1. The highest BCUT2D eigenvalue weighted by Crippen LogP contribution is 2.03. The molecule has 0 aliphatic heterocycles. The lowest BCUT2D eigenvalue weighted by Crippen LogP contribution is -2.57. The molecule has 3 atom stereocenters. The molecule has 7 N–H and O–H groups in total. The van der Waals surface area contributed by atoms with Gasteiger partial charge in [-0.15, -0.1) is 0 Å². The zero-order valence-corrected chi connectivity index (χ0v) is 14.4. The molecule has 0 aromatic rings. The van der Waals surface area contributed by atoms with Gasteiger partial charge in [0.1, 0.15) is 12.1 Å². The second-order valence-corrected chi connectivity index (χ2v) is 5.93. The van der Waals surface area contributed by atoms with Crippen molar-refractivity contribution in [3.05, 3.63) is 0 Å². The molecule has 0 rings (SSSR count). The number of nitrogens with one attached hydrogen (secondary N) is 3. The molecule has 0 saturated heterocycles. The molecule has 0 aliphatic carbocycles. The monoisotopic (exact) mass is 364 g/mol. The van der Waals surface area contributed by atoms with Gasteiger partial charge in [0.25, 0.3) is 0 Å². The van der Waals surface area contributed by atoms with E-state index in [1.807, 2.05) is 0 Å². The molecule has 3 unspecified atom stereocenters. The van der Waals surface area contributed by atoms with Crippen molar-refractivity contribution >= 4 is 35.5 Å². The van der Waals surface area contributed by atoms with Crippen LogP contribution in [-0.4, -0.2) is 77.2 Å². The summed E-state index contributed by atoms with van der Waals surface area (Å²) in [7, 11) is 0. The number of aliphatic hydroxyl groups excluding tert-OH is 1. The molecule has 10 nitrogen and oxygen atoms in total. The number of carboxylic acids is 1. The topological polar surface area (TPSA) is 171 Å². The van der Waals surface area contributed by atoms with E-state index in [0.717, 1.165) is 0 Å². The maximum Gasteiger partial charge on any atom is 0.326 e. The Bertz CT molecular complexity index is 460. The third-order valence-corrected chi connectivity index (χ3v) is 3.58. The summed E-state index contributed by atoms with van der Waals surface area (Å²) in [5.74, 6) is -2.77. The molecule has 3 amide bonds. The zero-order valence-electron chi connectivity index (χ0n) is 13.6. The summed E-state index contributed by atoms with van der Waals surface area (Å²) in [4.78, 5) is 45.9. The molecule has 0 saturated carbocycles. The number of aliphatic hydroxyl groups is 1. The number of aliphatic carboxylic acids is 1. The first-order valence-electron chi connectivity index (χ1n) is 7.19. The molecule has 0 fully saturated rings. The summed E-state index contributed by atoms with van der Waals surface area (Å²) < 4.78 is 0. The largest absolute Gasteiger partial charge is 0.480 e. The molecule has 11 heteroatoms. The normalized spacial score (nSPS) is 14.2. The molecule has 138 valence electrons. The van der Waals surface area contributed by atoms with Crippen molar-refractivity contribution in [3.63, 3.8) is 0 Å². The Morgan fingerprint density at radius 1 is 1.17 bits per heavy atom. The quantitative estimate of drug-likeness (QED) is 0.229. The van der Waals surface area contributed by atoms with E-state index < -0.39 is 48.4 Å². The number of hydrogen-bond acceptors (Lipinski definition) is 7. The predicted molar refractivity (Wildman–Crippen MR) is 88.2 cm³/mol. The minimum Gasteiger partial charge on any atom is -0.480 e. The van der Waals surface area contributed by atoms with Crippen LogP contribution in [0.25, 0.3) is 0 Å². The molecule has 0 heterocycles. The first kappa shape index (κ1) is 22.1. The van der Waals surface area contributed by atoms with Crippen LogP contribution in [0.3, 0.4) is 0 Å². The van der Waals surface area contributed by atoms with Gasteiger partial charge >= 0.3 is 5.97 Å². The minimum absolute atomic E-state index is 0.204. The summed E-state index contributed by atoms with van der Waals surface area (Å²) in [6, 6.07) is -2.47. The van der Waals surface area contributed by atoms with Crippen molar-refractivity contribution in [2.45, 2.75) is 31.5 Å². The van der Waals surface area contributed by atoms with Gasteiger partial charge in [-0.05, 0) is 25.4 Å².